The zero-order valence-electron chi connectivity index (χ0n) is 14.3. The molecule has 7 heteroatoms. The number of benzene rings is 2. The largest absolute Gasteiger partial charge is 0.485 e. The standard InChI is InChI=1S/C19H18ClN3O2S/c1-19(2)17(24)16(14-9-11(10-21)3-8-15(14)25-19)23-18(26)22-13-6-4-12(20)5-7-13/h3-9,16-17,24H,1-2H3,(H2,22,23,26). The summed E-state index contributed by atoms with van der Waals surface area (Å²) in [5, 5.41) is 27.1. The van der Waals surface area contributed by atoms with Crippen molar-refractivity contribution in [3.63, 3.8) is 0 Å². The third-order valence-electron chi connectivity index (χ3n) is 4.26. The van der Waals surface area contributed by atoms with E-state index in [1.807, 2.05) is 26.0 Å². The van der Waals surface area contributed by atoms with Crippen molar-refractivity contribution in [1.29, 1.82) is 5.26 Å². The number of nitrogens with one attached hydrogen (secondary N) is 2. The molecule has 0 aliphatic carbocycles. The first-order chi connectivity index (χ1) is 12.3. The van der Waals surface area contributed by atoms with E-state index in [2.05, 4.69) is 16.7 Å². The van der Waals surface area contributed by atoms with E-state index >= 15 is 0 Å². The van der Waals surface area contributed by atoms with E-state index in [1.165, 1.54) is 0 Å². The van der Waals surface area contributed by atoms with E-state index in [9.17, 15) is 10.4 Å². The van der Waals surface area contributed by atoms with E-state index in [1.54, 1.807) is 30.3 Å². The highest BCUT2D eigenvalue weighted by atomic mass is 35.5. The highest BCUT2D eigenvalue weighted by Gasteiger charge is 2.43. The van der Waals surface area contributed by atoms with Gasteiger partial charge < -0.3 is 20.5 Å². The summed E-state index contributed by atoms with van der Waals surface area (Å²) in [6, 6.07) is 13.9. The van der Waals surface area contributed by atoms with Crippen molar-refractivity contribution in [2.24, 2.45) is 0 Å². The molecule has 0 saturated carbocycles. The van der Waals surface area contributed by atoms with E-state index in [-0.39, 0.29) is 0 Å². The Morgan fingerprint density at radius 3 is 2.62 bits per heavy atom. The maximum Gasteiger partial charge on any atom is 0.171 e. The smallest absolute Gasteiger partial charge is 0.171 e. The van der Waals surface area contributed by atoms with Crippen LogP contribution >= 0.6 is 23.8 Å². The first-order valence-electron chi connectivity index (χ1n) is 8.04. The number of fused-ring (bicyclic) bond motifs is 1. The van der Waals surface area contributed by atoms with Crippen LogP contribution < -0.4 is 15.4 Å². The molecule has 2 aromatic carbocycles. The van der Waals surface area contributed by atoms with Gasteiger partial charge in [-0.1, -0.05) is 11.6 Å². The summed E-state index contributed by atoms with van der Waals surface area (Å²) >= 11 is 11.3. The number of hydrogen-bond donors (Lipinski definition) is 3. The lowest BCUT2D eigenvalue weighted by Gasteiger charge is -2.42. The molecule has 1 aliphatic rings. The monoisotopic (exact) mass is 387 g/mol. The number of aliphatic hydroxyl groups is 1. The van der Waals surface area contributed by atoms with Crippen molar-refractivity contribution in [2.75, 3.05) is 5.32 Å². The lowest BCUT2D eigenvalue weighted by molar-refractivity contribution is -0.0609. The Hall–Kier alpha value is -2.33. The van der Waals surface area contributed by atoms with Gasteiger partial charge >= 0.3 is 0 Å². The third kappa shape index (κ3) is 3.75. The molecule has 26 heavy (non-hydrogen) atoms. The summed E-state index contributed by atoms with van der Waals surface area (Å²) in [7, 11) is 0. The molecular weight excluding hydrogens is 370 g/mol. The first kappa shape index (κ1) is 18.5. The van der Waals surface area contributed by atoms with Crippen LogP contribution in [0.5, 0.6) is 5.75 Å². The van der Waals surface area contributed by atoms with Gasteiger partial charge in [-0.3, -0.25) is 0 Å². The molecule has 0 amide bonds. The normalized spacial score (nSPS) is 20.3. The highest BCUT2D eigenvalue weighted by Crippen LogP contribution is 2.40. The molecule has 1 heterocycles. The second-order valence-corrected chi connectivity index (χ2v) is 7.44. The van der Waals surface area contributed by atoms with E-state index in [4.69, 9.17) is 28.6 Å². The molecule has 0 fully saturated rings. The molecule has 0 aromatic heterocycles. The lowest BCUT2D eigenvalue weighted by atomic mass is 9.86. The number of hydrogen-bond acceptors (Lipinski definition) is 4. The second-order valence-electron chi connectivity index (χ2n) is 6.60. The van der Waals surface area contributed by atoms with Crippen molar-refractivity contribution in [3.8, 4) is 11.8 Å². The zero-order valence-corrected chi connectivity index (χ0v) is 15.9. The summed E-state index contributed by atoms with van der Waals surface area (Å²) in [5.74, 6) is 0.617. The molecule has 2 aromatic rings. The average molecular weight is 388 g/mol. The van der Waals surface area contributed by atoms with Crippen molar-refractivity contribution < 1.29 is 9.84 Å². The fraction of sp³-hybridized carbons (Fsp3) is 0.263. The van der Waals surface area contributed by atoms with E-state index in [0.717, 1.165) is 5.69 Å². The molecule has 3 rings (SSSR count). The van der Waals surface area contributed by atoms with Crippen LogP contribution in [0.15, 0.2) is 42.5 Å². The Bertz CT molecular complexity index is 877. The van der Waals surface area contributed by atoms with Gasteiger partial charge in [0.05, 0.1) is 17.7 Å². The Kier molecular flexibility index (Phi) is 5.05. The minimum atomic E-state index is -0.867. The third-order valence-corrected chi connectivity index (χ3v) is 4.74. The van der Waals surface area contributed by atoms with Crippen molar-refractivity contribution in [3.05, 3.63) is 58.6 Å². The predicted molar refractivity (Wildman–Crippen MR) is 105 cm³/mol. The number of ether oxygens (including phenoxy) is 1. The molecule has 0 bridgehead atoms. The van der Waals surface area contributed by atoms with Crippen molar-refractivity contribution >= 4 is 34.6 Å². The number of rotatable bonds is 2. The van der Waals surface area contributed by atoms with Gasteiger partial charge in [-0.05, 0) is 68.5 Å². The fourth-order valence-electron chi connectivity index (χ4n) is 2.87. The Morgan fingerprint density at radius 1 is 1.27 bits per heavy atom. The van der Waals surface area contributed by atoms with Crippen LogP contribution in [-0.2, 0) is 0 Å². The Morgan fingerprint density at radius 2 is 1.96 bits per heavy atom. The topological polar surface area (TPSA) is 77.3 Å². The minimum absolute atomic E-state index is 0.349. The number of nitriles is 1. The van der Waals surface area contributed by atoms with Crippen LogP contribution in [0.25, 0.3) is 0 Å². The molecule has 0 radical (unpaired) electrons. The molecule has 0 saturated heterocycles. The van der Waals surface area contributed by atoms with Crippen LogP contribution in [0.4, 0.5) is 5.69 Å². The van der Waals surface area contributed by atoms with E-state index < -0.39 is 17.7 Å². The highest BCUT2D eigenvalue weighted by molar-refractivity contribution is 7.80. The first-order valence-corrected chi connectivity index (χ1v) is 8.83. The molecule has 2 atom stereocenters. The summed E-state index contributed by atoms with van der Waals surface area (Å²) in [6.45, 7) is 3.62. The maximum atomic E-state index is 10.8. The van der Waals surface area contributed by atoms with Gasteiger partial charge in [-0.15, -0.1) is 0 Å². The van der Waals surface area contributed by atoms with Crippen LogP contribution in [-0.4, -0.2) is 21.9 Å². The van der Waals surface area contributed by atoms with Gasteiger partial charge in [-0.25, -0.2) is 0 Å². The molecule has 0 spiro atoms. The summed E-state index contributed by atoms with van der Waals surface area (Å²) in [4.78, 5) is 0. The van der Waals surface area contributed by atoms with Gasteiger partial charge in [0, 0.05) is 16.3 Å². The summed E-state index contributed by atoms with van der Waals surface area (Å²) in [6.07, 6.45) is -0.867. The second kappa shape index (κ2) is 7.12. The summed E-state index contributed by atoms with van der Waals surface area (Å²) < 4.78 is 5.90. The van der Waals surface area contributed by atoms with Crippen molar-refractivity contribution in [1.82, 2.24) is 5.32 Å². The van der Waals surface area contributed by atoms with Gasteiger partial charge in [0.2, 0.25) is 0 Å². The Balaban J connectivity index is 1.86. The van der Waals surface area contributed by atoms with Gasteiger partial charge in [-0.2, -0.15) is 5.26 Å². The Labute approximate surface area is 162 Å². The predicted octanol–water partition coefficient (Wildman–Crippen LogP) is 3.77. The van der Waals surface area contributed by atoms with E-state index in [0.29, 0.717) is 27.0 Å². The quantitative estimate of drug-likeness (QED) is 0.681. The van der Waals surface area contributed by atoms with Crippen molar-refractivity contribution in [2.45, 2.75) is 31.6 Å². The number of aliphatic hydroxyl groups excluding tert-OH is 1. The molecule has 5 nitrogen and oxygen atoms in total. The molecule has 1 aliphatic heterocycles. The molecule has 3 N–H and O–H groups in total. The van der Waals surface area contributed by atoms with Crippen LogP contribution in [0, 0.1) is 11.3 Å². The molecule has 2 unspecified atom stereocenters. The fourth-order valence-corrected chi connectivity index (χ4v) is 3.24. The molecular formula is C19H18ClN3O2S. The SMILES string of the molecule is CC1(C)Oc2ccc(C#N)cc2C(NC(=S)Nc2ccc(Cl)cc2)C1O. The summed E-state index contributed by atoms with van der Waals surface area (Å²) in [5.41, 5.74) is 1.15. The van der Waals surface area contributed by atoms with Gasteiger partial charge in [0.25, 0.3) is 0 Å². The van der Waals surface area contributed by atoms with Gasteiger partial charge in [0.1, 0.15) is 17.5 Å². The number of thiocarbonyl (C=S) groups is 1. The average Bonchev–Trinajstić information content (AvgIpc) is 2.60. The minimum Gasteiger partial charge on any atom is -0.485 e. The number of anilines is 1. The van der Waals surface area contributed by atoms with Crippen LogP contribution in [0.1, 0.15) is 31.0 Å². The lowest BCUT2D eigenvalue weighted by Crippen LogP contribution is -2.54. The number of nitrogens with zero attached hydrogens (tertiary/aromatic N) is 1. The van der Waals surface area contributed by atoms with Crippen LogP contribution in [0.3, 0.4) is 0 Å². The zero-order chi connectivity index (χ0) is 18.9. The molecule has 134 valence electrons. The van der Waals surface area contributed by atoms with Gasteiger partial charge in [0.15, 0.2) is 5.11 Å². The number of halogens is 1. The van der Waals surface area contributed by atoms with Crippen LogP contribution in [0.2, 0.25) is 5.02 Å². The maximum absolute atomic E-state index is 10.8.